The van der Waals surface area contributed by atoms with Crippen molar-refractivity contribution < 1.29 is 9.47 Å². The van der Waals surface area contributed by atoms with Gasteiger partial charge in [0.1, 0.15) is 0 Å². The molecule has 0 aromatic heterocycles. The number of hydrogen-bond donors (Lipinski definition) is 0. The van der Waals surface area contributed by atoms with Crippen molar-refractivity contribution in [3.8, 4) is 0 Å². The standard InChI is InChI=1S/C15H21O2.3C4H9.Sn/c1-2-3-4-5-9-12-16-14-17-13-15-10-7-6-8-11-15;3*1-3-4-2;/h5-12H,2-4,13-14H2,1H3;3*1,3-4H2,2H3;/b9-5+;;;;. The van der Waals surface area contributed by atoms with Gasteiger partial charge in [0.05, 0.1) is 0 Å². The van der Waals surface area contributed by atoms with Crippen LogP contribution in [-0.2, 0) is 16.1 Å². The van der Waals surface area contributed by atoms with Crippen LogP contribution in [0, 0.1) is 0 Å². The Morgan fingerprint density at radius 2 is 1.37 bits per heavy atom. The first-order chi connectivity index (χ1) is 14.7. The summed E-state index contributed by atoms with van der Waals surface area (Å²) >= 11 is -2.49. The molecule has 0 spiro atoms. The van der Waals surface area contributed by atoms with Crippen molar-refractivity contribution in [2.75, 3.05) is 6.79 Å². The third-order valence-corrected chi connectivity index (χ3v) is 22.2. The average Bonchev–Trinajstić information content (AvgIpc) is 2.78. The van der Waals surface area contributed by atoms with E-state index in [4.69, 9.17) is 9.47 Å². The fraction of sp³-hybridized carbons (Fsp3) is 0.704. The molecule has 1 aromatic rings. The molecular weight excluding hydrogens is 475 g/mol. The van der Waals surface area contributed by atoms with E-state index in [9.17, 15) is 0 Å². The third kappa shape index (κ3) is 11.3. The molecule has 0 N–H and O–H groups in total. The maximum absolute atomic E-state index is 6.59. The van der Waals surface area contributed by atoms with Gasteiger partial charge in [-0.15, -0.1) is 0 Å². The SMILES string of the molecule is CCCC/C=C/[C@@H](OCOCc1ccccc1)[Sn]([CH2]CCC)([CH2]CCC)[CH2]CCC. The van der Waals surface area contributed by atoms with Crippen LogP contribution in [0.25, 0.3) is 0 Å². The van der Waals surface area contributed by atoms with Gasteiger partial charge in [0, 0.05) is 0 Å². The van der Waals surface area contributed by atoms with Gasteiger partial charge in [-0.2, -0.15) is 0 Å². The number of allylic oxidation sites excluding steroid dienone is 1. The molecule has 30 heavy (non-hydrogen) atoms. The molecule has 0 fully saturated rings. The van der Waals surface area contributed by atoms with E-state index in [-0.39, 0.29) is 0 Å². The molecule has 3 heteroatoms. The summed E-state index contributed by atoms with van der Waals surface area (Å²) in [5, 5.41) is 0. The third-order valence-electron chi connectivity index (χ3n) is 6.17. The molecule has 0 aliphatic carbocycles. The first-order valence-electron chi connectivity index (χ1n) is 12.6. The number of benzene rings is 1. The Kier molecular flexibility index (Phi) is 16.9. The molecule has 1 aromatic carbocycles. The predicted molar refractivity (Wildman–Crippen MR) is 135 cm³/mol. The average molecular weight is 523 g/mol. The first-order valence-corrected chi connectivity index (χ1v) is 20.3. The number of hydrogen-bond acceptors (Lipinski definition) is 2. The van der Waals surface area contributed by atoms with Gasteiger partial charge in [-0.3, -0.25) is 0 Å². The summed E-state index contributed by atoms with van der Waals surface area (Å²) in [6, 6.07) is 10.4. The summed E-state index contributed by atoms with van der Waals surface area (Å²) in [4.78, 5) is 0. The molecule has 0 saturated carbocycles. The van der Waals surface area contributed by atoms with Crippen LogP contribution >= 0.6 is 0 Å². The molecule has 0 amide bonds. The molecule has 0 aliphatic heterocycles. The number of rotatable bonds is 19. The van der Waals surface area contributed by atoms with E-state index in [1.54, 1.807) is 0 Å². The summed E-state index contributed by atoms with van der Waals surface area (Å²) in [5.74, 6) is 0. The molecule has 0 saturated heterocycles. The predicted octanol–water partition coefficient (Wildman–Crippen LogP) is 8.68. The van der Waals surface area contributed by atoms with E-state index in [0.29, 0.717) is 17.5 Å². The van der Waals surface area contributed by atoms with Crippen LogP contribution in [0.1, 0.15) is 91.0 Å². The second kappa shape index (κ2) is 18.3. The molecule has 0 bridgehead atoms. The number of ether oxygens (including phenoxy) is 2. The van der Waals surface area contributed by atoms with E-state index in [1.807, 2.05) is 0 Å². The van der Waals surface area contributed by atoms with E-state index in [2.05, 4.69) is 70.2 Å². The fourth-order valence-corrected chi connectivity index (χ4v) is 20.6. The molecule has 0 radical (unpaired) electrons. The Balaban J connectivity index is 2.89. The molecule has 0 aliphatic rings. The van der Waals surface area contributed by atoms with Crippen LogP contribution in [0.4, 0.5) is 0 Å². The van der Waals surface area contributed by atoms with Gasteiger partial charge in [0.25, 0.3) is 0 Å². The van der Waals surface area contributed by atoms with Gasteiger partial charge in [-0.25, -0.2) is 0 Å². The quantitative estimate of drug-likeness (QED) is 0.0782. The Labute approximate surface area is 191 Å². The van der Waals surface area contributed by atoms with Crippen LogP contribution in [0.15, 0.2) is 42.5 Å². The van der Waals surface area contributed by atoms with Crippen LogP contribution in [-0.4, -0.2) is 29.3 Å². The summed E-state index contributed by atoms with van der Waals surface area (Å²) in [6.45, 7) is 10.3. The van der Waals surface area contributed by atoms with Gasteiger partial charge in [-0.05, 0) is 0 Å². The second-order valence-corrected chi connectivity index (χ2v) is 22.5. The molecule has 0 heterocycles. The van der Waals surface area contributed by atoms with Crippen LogP contribution in [0.3, 0.4) is 0 Å². The van der Waals surface area contributed by atoms with Crippen molar-refractivity contribution in [2.45, 2.75) is 110 Å². The Morgan fingerprint density at radius 1 is 0.800 bits per heavy atom. The van der Waals surface area contributed by atoms with Crippen molar-refractivity contribution in [2.24, 2.45) is 0 Å². The van der Waals surface area contributed by atoms with E-state index in [1.165, 1.54) is 76.7 Å². The van der Waals surface area contributed by atoms with Crippen molar-refractivity contribution in [3.05, 3.63) is 48.0 Å². The van der Waals surface area contributed by atoms with Gasteiger partial charge >= 0.3 is 192 Å². The van der Waals surface area contributed by atoms with Crippen LogP contribution in [0.2, 0.25) is 13.3 Å². The van der Waals surface area contributed by atoms with Crippen molar-refractivity contribution in [1.82, 2.24) is 0 Å². The molecule has 1 rings (SSSR count). The summed E-state index contributed by atoms with van der Waals surface area (Å²) in [7, 11) is 0. The monoisotopic (exact) mass is 524 g/mol. The van der Waals surface area contributed by atoms with Crippen LogP contribution < -0.4 is 0 Å². The first kappa shape index (κ1) is 27.7. The zero-order chi connectivity index (χ0) is 21.9. The topological polar surface area (TPSA) is 18.5 Å². The minimum atomic E-state index is -2.49. The number of unbranched alkanes of at least 4 members (excludes halogenated alkanes) is 5. The normalized spacial score (nSPS) is 13.2. The Morgan fingerprint density at radius 3 is 1.90 bits per heavy atom. The summed E-state index contributed by atoms with van der Waals surface area (Å²) in [5.41, 5.74) is 1.22. The Bertz CT molecular complexity index is 507. The zero-order valence-electron chi connectivity index (χ0n) is 20.3. The molecule has 2 nitrogen and oxygen atoms in total. The summed E-state index contributed by atoms with van der Waals surface area (Å²) in [6.07, 6.45) is 16.6. The van der Waals surface area contributed by atoms with E-state index >= 15 is 0 Å². The molecule has 172 valence electrons. The second-order valence-electron chi connectivity index (χ2n) is 8.78. The van der Waals surface area contributed by atoms with E-state index in [0.717, 1.165) is 0 Å². The summed E-state index contributed by atoms with van der Waals surface area (Å²) < 4.78 is 17.3. The van der Waals surface area contributed by atoms with Gasteiger partial charge in [0.2, 0.25) is 0 Å². The van der Waals surface area contributed by atoms with Gasteiger partial charge < -0.3 is 0 Å². The molecular formula is C27H48O2Sn. The Hall–Kier alpha value is -0.321. The fourth-order valence-electron chi connectivity index (χ4n) is 4.22. The van der Waals surface area contributed by atoms with Crippen molar-refractivity contribution >= 4 is 18.4 Å². The van der Waals surface area contributed by atoms with Gasteiger partial charge in [0.15, 0.2) is 0 Å². The van der Waals surface area contributed by atoms with Crippen LogP contribution in [0.5, 0.6) is 0 Å². The van der Waals surface area contributed by atoms with Gasteiger partial charge in [-0.1, -0.05) is 0 Å². The van der Waals surface area contributed by atoms with Crippen molar-refractivity contribution in [3.63, 3.8) is 0 Å². The molecule has 0 unspecified atom stereocenters. The minimum absolute atomic E-state index is 0.358. The maximum atomic E-state index is 6.59. The molecule has 1 atom stereocenters. The zero-order valence-corrected chi connectivity index (χ0v) is 23.2. The van der Waals surface area contributed by atoms with Crippen molar-refractivity contribution in [1.29, 1.82) is 0 Å². The van der Waals surface area contributed by atoms with E-state index < -0.39 is 18.4 Å².